The van der Waals surface area contributed by atoms with Crippen LogP contribution in [-0.2, 0) is 11.2 Å². The maximum absolute atomic E-state index is 13.5. The van der Waals surface area contributed by atoms with Crippen LogP contribution in [0.5, 0.6) is 5.75 Å². The van der Waals surface area contributed by atoms with Gasteiger partial charge in [-0.05, 0) is 68.0 Å². The van der Waals surface area contributed by atoms with E-state index in [-0.39, 0.29) is 30.4 Å². The maximum Gasteiger partial charge on any atom is 0.254 e. The van der Waals surface area contributed by atoms with E-state index in [1.165, 1.54) is 4.88 Å². The van der Waals surface area contributed by atoms with Gasteiger partial charge in [0.1, 0.15) is 18.9 Å². The van der Waals surface area contributed by atoms with Gasteiger partial charge in [-0.25, -0.2) is 0 Å². The lowest BCUT2D eigenvalue weighted by Gasteiger charge is -2.37. The number of amides is 2. The second-order valence-corrected chi connectivity index (χ2v) is 9.62. The Kier molecular flexibility index (Phi) is 7.14. The first-order chi connectivity index (χ1) is 16.0. The number of hydrogen-bond acceptors (Lipinski definition) is 4. The van der Waals surface area contributed by atoms with Crippen LogP contribution in [0.2, 0.25) is 0 Å². The quantitative estimate of drug-likeness (QED) is 0.490. The normalized spacial score (nSPS) is 15.3. The molecule has 0 aliphatic carbocycles. The SMILES string of the molecule is Cc1ccccc1OC[C@H]1c2ccsc2CCN1C(=O)CN(C(=O)c1ccccc1)C(C)C. The third-order valence-corrected chi connectivity index (χ3v) is 7.11. The monoisotopic (exact) mass is 462 g/mol. The van der Waals surface area contributed by atoms with Crippen LogP contribution in [-0.4, -0.2) is 47.4 Å². The molecule has 0 radical (unpaired) electrons. The van der Waals surface area contributed by atoms with E-state index in [2.05, 4.69) is 11.4 Å². The number of para-hydroxylation sites is 1. The summed E-state index contributed by atoms with van der Waals surface area (Å²) in [4.78, 5) is 31.5. The van der Waals surface area contributed by atoms with Crippen LogP contribution in [0.4, 0.5) is 0 Å². The summed E-state index contributed by atoms with van der Waals surface area (Å²) in [7, 11) is 0. The third-order valence-electron chi connectivity index (χ3n) is 6.12. The number of aryl methyl sites for hydroxylation is 1. The zero-order chi connectivity index (χ0) is 23.4. The predicted molar refractivity (Wildman–Crippen MR) is 132 cm³/mol. The number of benzene rings is 2. The number of rotatable bonds is 7. The smallest absolute Gasteiger partial charge is 0.254 e. The second-order valence-electron chi connectivity index (χ2n) is 8.62. The van der Waals surface area contributed by atoms with Gasteiger partial charge in [-0.1, -0.05) is 36.4 Å². The molecule has 1 aliphatic heterocycles. The summed E-state index contributed by atoms with van der Waals surface area (Å²) in [6.07, 6.45) is 0.827. The van der Waals surface area contributed by atoms with Gasteiger partial charge in [0.25, 0.3) is 5.91 Å². The minimum Gasteiger partial charge on any atom is -0.491 e. The summed E-state index contributed by atoms with van der Waals surface area (Å²) >= 11 is 1.73. The third kappa shape index (κ3) is 5.11. The van der Waals surface area contributed by atoms with Gasteiger partial charge in [-0.15, -0.1) is 11.3 Å². The van der Waals surface area contributed by atoms with Crippen molar-refractivity contribution in [3.05, 3.63) is 87.6 Å². The first-order valence-corrected chi connectivity index (χ1v) is 12.2. The number of carbonyl (C=O) groups excluding carboxylic acids is 2. The van der Waals surface area contributed by atoms with Crippen molar-refractivity contribution in [3.8, 4) is 5.75 Å². The number of thiophene rings is 1. The minimum absolute atomic E-state index is 0.0474. The van der Waals surface area contributed by atoms with Gasteiger partial charge in [-0.3, -0.25) is 9.59 Å². The fraction of sp³-hybridized carbons (Fsp3) is 0.333. The highest BCUT2D eigenvalue weighted by molar-refractivity contribution is 7.10. The first kappa shape index (κ1) is 23.1. The van der Waals surface area contributed by atoms with E-state index in [0.717, 1.165) is 23.3 Å². The molecule has 1 aliphatic rings. The maximum atomic E-state index is 13.5. The molecule has 6 heteroatoms. The molecule has 0 unspecified atom stereocenters. The van der Waals surface area contributed by atoms with Crippen molar-refractivity contribution in [2.24, 2.45) is 0 Å². The fourth-order valence-electron chi connectivity index (χ4n) is 4.23. The van der Waals surface area contributed by atoms with E-state index < -0.39 is 0 Å². The van der Waals surface area contributed by atoms with E-state index >= 15 is 0 Å². The van der Waals surface area contributed by atoms with E-state index in [1.807, 2.05) is 68.1 Å². The Labute approximate surface area is 199 Å². The average molecular weight is 463 g/mol. The summed E-state index contributed by atoms with van der Waals surface area (Å²) in [5.41, 5.74) is 2.81. The van der Waals surface area contributed by atoms with Crippen molar-refractivity contribution in [1.82, 2.24) is 9.80 Å². The highest BCUT2D eigenvalue weighted by Gasteiger charge is 2.34. The Hall–Kier alpha value is -3.12. The van der Waals surface area contributed by atoms with Crippen LogP contribution >= 0.6 is 11.3 Å². The van der Waals surface area contributed by atoms with Gasteiger partial charge in [0.15, 0.2) is 0 Å². The molecule has 3 aromatic rings. The summed E-state index contributed by atoms with van der Waals surface area (Å²) in [6.45, 7) is 6.96. The van der Waals surface area contributed by atoms with Crippen LogP contribution in [0.1, 0.15) is 46.3 Å². The standard InChI is InChI=1S/C27H30N2O3S/c1-19(2)29(27(31)21-10-5-4-6-11-21)17-26(30)28-15-13-25-22(14-16-33-25)23(28)18-32-24-12-8-7-9-20(24)3/h4-12,14,16,19,23H,13,15,17-18H2,1-3H3/t23-/m0/s1. The Morgan fingerprint density at radius 1 is 1.09 bits per heavy atom. The van der Waals surface area contributed by atoms with Crippen LogP contribution in [0.3, 0.4) is 0 Å². The Bertz CT molecular complexity index is 1110. The zero-order valence-electron chi connectivity index (χ0n) is 19.4. The van der Waals surface area contributed by atoms with Gasteiger partial charge in [0, 0.05) is 23.0 Å². The number of ether oxygens (including phenoxy) is 1. The van der Waals surface area contributed by atoms with E-state index in [0.29, 0.717) is 18.7 Å². The number of nitrogens with zero attached hydrogens (tertiary/aromatic N) is 2. The molecule has 4 rings (SSSR count). The number of fused-ring (bicyclic) bond motifs is 1. The summed E-state index contributed by atoms with van der Waals surface area (Å²) in [5, 5.41) is 2.08. The Morgan fingerprint density at radius 2 is 1.82 bits per heavy atom. The largest absolute Gasteiger partial charge is 0.491 e. The molecule has 0 saturated carbocycles. The van der Waals surface area contributed by atoms with Gasteiger partial charge in [0.2, 0.25) is 5.91 Å². The molecule has 0 saturated heterocycles. The lowest BCUT2D eigenvalue weighted by atomic mass is 10.00. The molecule has 0 bridgehead atoms. The van der Waals surface area contributed by atoms with Crippen molar-refractivity contribution in [2.75, 3.05) is 19.7 Å². The van der Waals surface area contributed by atoms with E-state index in [9.17, 15) is 9.59 Å². The molecule has 2 aromatic carbocycles. The van der Waals surface area contributed by atoms with Crippen LogP contribution in [0, 0.1) is 6.92 Å². The first-order valence-electron chi connectivity index (χ1n) is 11.4. The van der Waals surface area contributed by atoms with Gasteiger partial charge >= 0.3 is 0 Å². The molecule has 0 fully saturated rings. The van der Waals surface area contributed by atoms with Gasteiger partial charge < -0.3 is 14.5 Å². The predicted octanol–water partition coefficient (Wildman–Crippen LogP) is 5.11. The molecule has 33 heavy (non-hydrogen) atoms. The summed E-state index contributed by atoms with van der Waals surface area (Å²) < 4.78 is 6.18. The highest BCUT2D eigenvalue weighted by atomic mass is 32.1. The summed E-state index contributed by atoms with van der Waals surface area (Å²) in [6, 6.07) is 18.9. The molecular weight excluding hydrogens is 432 g/mol. The van der Waals surface area contributed by atoms with Crippen molar-refractivity contribution in [1.29, 1.82) is 0 Å². The van der Waals surface area contributed by atoms with Crippen molar-refractivity contribution < 1.29 is 14.3 Å². The Balaban J connectivity index is 1.54. The van der Waals surface area contributed by atoms with Crippen molar-refractivity contribution in [3.63, 3.8) is 0 Å². The summed E-state index contributed by atoms with van der Waals surface area (Å²) in [5.74, 6) is 0.651. The number of carbonyl (C=O) groups is 2. The highest BCUT2D eigenvalue weighted by Crippen LogP contribution is 2.34. The van der Waals surface area contributed by atoms with Gasteiger partial charge in [0.05, 0.1) is 6.04 Å². The van der Waals surface area contributed by atoms with Gasteiger partial charge in [-0.2, -0.15) is 0 Å². The molecule has 172 valence electrons. The fourth-order valence-corrected chi connectivity index (χ4v) is 5.16. The van der Waals surface area contributed by atoms with Crippen molar-refractivity contribution >= 4 is 23.2 Å². The lowest BCUT2D eigenvalue weighted by molar-refractivity contribution is -0.136. The molecule has 0 spiro atoms. The Morgan fingerprint density at radius 3 is 2.55 bits per heavy atom. The van der Waals surface area contributed by atoms with E-state index in [1.54, 1.807) is 28.4 Å². The molecule has 0 N–H and O–H groups in total. The van der Waals surface area contributed by atoms with Crippen LogP contribution in [0.15, 0.2) is 66.0 Å². The van der Waals surface area contributed by atoms with E-state index in [4.69, 9.17) is 4.74 Å². The number of hydrogen-bond donors (Lipinski definition) is 0. The molecule has 1 aromatic heterocycles. The molecule has 1 atom stereocenters. The minimum atomic E-state index is -0.173. The molecule has 5 nitrogen and oxygen atoms in total. The molecular formula is C27H30N2O3S. The topological polar surface area (TPSA) is 49.9 Å². The molecule has 2 heterocycles. The second kappa shape index (κ2) is 10.2. The van der Waals surface area contributed by atoms with Crippen LogP contribution in [0.25, 0.3) is 0 Å². The van der Waals surface area contributed by atoms with Crippen molar-refractivity contribution in [2.45, 2.75) is 39.3 Å². The molecule has 2 amide bonds. The lowest BCUT2D eigenvalue weighted by Crippen LogP contribution is -2.49. The zero-order valence-corrected chi connectivity index (χ0v) is 20.2. The van der Waals surface area contributed by atoms with Crippen LogP contribution < -0.4 is 4.74 Å². The average Bonchev–Trinajstić information content (AvgIpc) is 3.31.